The topological polar surface area (TPSA) is 87.3 Å². The number of rotatable bonds is 4. The average molecular weight is 281 g/mol. The first-order chi connectivity index (χ1) is 9.65. The van der Waals surface area contributed by atoms with Crippen molar-refractivity contribution < 1.29 is 14.5 Å². The molecule has 0 N–H and O–H groups in total. The molecule has 0 unspecified atom stereocenters. The number of hydrogen-bond donors (Lipinski definition) is 0. The van der Waals surface area contributed by atoms with Gasteiger partial charge in [-0.25, -0.2) is 4.79 Å². The third-order valence-electron chi connectivity index (χ3n) is 3.46. The predicted molar refractivity (Wildman–Crippen MR) is 71.1 cm³/mol. The van der Waals surface area contributed by atoms with Gasteiger partial charge in [0.2, 0.25) is 0 Å². The summed E-state index contributed by atoms with van der Waals surface area (Å²) in [5.74, 6) is -0.641. The van der Waals surface area contributed by atoms with Crippen molar-refractivity contribution >= 4 is 11.8 Å². The van der Waals surface area contributed by atoms with E-state index in [1.165, 1.54) is 36.2 Å². The van der Waals surface area contributed by atoms with E-state index in [0.717, 1.165) is 25.7 Å². The second kappa shape index (κ2) is 7.02. The summed E-state index contributed by atoms with van der Waals surface area (Å²) in [4.78, 5) is 21.7. The number of carbonyl (C=O) groups is 1. The summed E-state index contributed by atoms with van der Waals surface area (Å²) in [7, 11) is 0. The molecule has 7 nitrogen and oxygen atoms in total. The molecular weight excluding hydrogens is 262 g/mol. The Morgan fingerprint density at radius 3 is 2.60 bits per heavy atom. The Labute approximate surface area is 117 Å². The van der Waals surface area contributed by atoms with E-state index in [9.17, 15) is 14.9 Å². The number of carbonyl (C=O) groups excluding carboxylic acids is 1. The van der Waals surface area contributed by atoms with Gasteiger partial charge in [-0.3, -0.25) is 0 Å². The van der Waals surface area contributed by atoms with Crippen LogP contribution in [0.25, 0.3) is 0 Å². The fourth-order valence-electron chi connectivity index (χ4n) is 2.43. The zero-order valence-corrected chi connectivity index (χ0v) is 11.4. The third kappa shape index (κ3) is 4.32. The molecule has 1 fully saturated rings. The SMILES string of the molecule is O=C(Cn1ccc([N+](=O)[O-])n1)OC1CCCCCCC1. The van der Waals surface area contributed by atoms with E-state index in [1.54, 1.807) is 0 Å². The zero-order valence-electron chi connectivity index (χ0n) is 11.4. The van der Waals surface area contributed by atoms with Crippen LogP contribution in [0.5, 0.6) is 0 Å². The van der Waals surface area contributed by atoms with E-state index < -0.39 is 4.92 Å². The second-order valence-corrected chi connectivity index (χ2v) is 5.09. The molecule has 0 atom stereocenters. The van der Waals surface area contributed by atoms with Gasteiger partial charge in [0.15, 0.2) is 6.54 Å². The van der Waals surface area contributed by atoms with Gasteiger partial charge in [-0.1, -0.05) is 19.3 Å². The molecule has 0 spiro atoms. The largest absolute Gasteiger partial charge is 0.461 e. The Hall–Kier alpha value is -1.92. The van der Waals surface area contributed by atoms with Crippen LogP contribution in [-0.2, 0) is 16.1 Å². The van der Waals surface area contributed by atoms with Crippen LogP contribution in [0, 0.1) is 10.1 Å². The maximum atomic E-state index is 11.8. The van der Waals surface area contributed by atoms with Crippen molar-refractivity contribution in [3.05, 3.63) is 22.4 Å². The first-order valence-electron chi connectivity index (χ1n) is 7.02. The normalized spacial score (nSPS) is 17.2. The van der Waals surface area contributed by atoms with Crippen molar-refractivity contribution in [2.75, 3.05) is 0 Å². The van der Waals surface area contributed by atoms with Gasteiger partial charge < -0.3 is 14.9 Å². The molecule has 0 amide bonds. The first-order valence-corrected chi connectivity index (χ1v) is 7.02. The minimum Gasteiger partial charge on any atom is -0.461 e. The predicted octanol–water partition coefficient (Wildman–Crippen LogP) is 2.45. The molecule has 1 aliphatic rings. The summed E-state index contributed by atoms with van der Waals surface area (Å²) in [6.07, 6.45) is 9.04. The average Bonchev–Trinajstić information content (AvgIpc) is 2.81. The Balaban J connectivity index is 1.82. The maximum absolute atomic E-state index is 11.8. The van der Waals surface area contributed by atoms with E-state index in [1.807, 2.05) is 0 Å². The van der Waals surface area contributed by atoms with Gasteiger partial charge in [0, 0.05) is 0 Å². The van der Waals surface area contributed by atoms with Crippen LogP contribution in [-0.4, -0.2) is 26.8 Å². The highest BCUT2D eigenvalue weighted by Crippen LogP contribution is 2.19. The Kier molecular flexibility index (Phi) is 5.09. The summed E-state index contributed by atoms with van der Waals surface area (Å²) < 4.78 is 6.67. The van der Waals surface area contributed by atoms with E-state index in [-0.39, 0.29) is 24.4 Å². The summed E-state index contributed by atoms with van der Waals surface area (Å²) in [5.41, 5.74) is 0. The maximum Gasteiger partial charge on any atom is 0.389 e. The van der Waals surface area contributed by atoms with Crippen molar-refractivity contribution in [2.45, 2.75) is 57.6 Å². The van der Waals surface area contributed by atoms with Crippen LogP contribution < -0.4 is 0 Å². The zero-order chi connectivity index (χ0) is 14.4. The van der Waals surface area contributed by atoms with Gasteiger partial charge in [0.1, 0.15) is 6.10 Å². The fraction of sp³-hybridized carbons (Fsp3) is 0.692. The highest BCUT2D eigenvalue weighted by atomic mass is 16.6. The van der Waals surface area contributed by atoms with Crippen molar-refractivity contribution in [2.24, 2.45) is 0 Å². The molecule has 1 aromatic rings. The van der Waals surface area contributed by atoms with E-state index in [0.29, 0.717) is 0 Å². The summed E-state index contributed by atoms with van der Waals surface area (Å²) >= 11 is 0. The van der Waals surface area contributed by atoms with Crippen LogP contribution in [0.15, 0.2) is 12.3 Å². The molecule has 0 bridgehead atoms. The standard InChI is InChI=1S/C13H19N3O4/c17-13(10-15-9-8-12(14-15)16(18)19)20-11-6-4-2-1-3-5-7-11/h8-9,11H,1-7,10H2. The van der Waals surface area contributed by atoms with Gasteiger partial charge in [-0.05, 0) is 30.6 Å². The third-order valence-corrected chi connectivity index (χ3v) is 3.46. The molecule has 0 radical (unpaired) electrons. The lowest BCUT2D eigenvalue weighted by Gasteiger charge is -2.19. The highest BCUT2D eigenvalue weighted by molar-refractivity contribution is 5.69. The van der Waals surface area contributed by atoms with Crippen LogP contribution in [0.3, 0.4) is 0 Å². The summed E-state index contributed by atoms with van der Waals surface area (Å²) in [5, 5.41) is 14.2. The quantitative estimate of drug-likeness (QED) is 0.480. The highest BCUT2D eigenvalue weighted by Gasteiger charge is 2.18. The smallest absolute Gasteiger partial charge is 0.389 e. The van der Waals surface area contributed by atoms with Crippen LogP contribution in [0.1, 0.15) is 44.9 Å². The number of hydrogen-bond acceptors (Lipinski definition) is 5. The molecule has 7 heteroatoms. The van der Waals surface area contributed by atoms with Crippen LogP contribution in [0.2, 0.25) is 0 Å². The Morgan fingerprint density at radius 1 is 1.35 bits per heavy atom. The molecule has 1 aromatic heterocycles. The second-order valence-electron chi connectivity index (χ2n) is 5.09. The van der Waals surface area contributed by atoms with Gasteiger partial charge in [-0.15, -0.1) is 0 Å². The van der Waals surface area contributed by atoms with E-state index in [2.05, 4.69) is 5.10 Å². The van der Waals surface area contributed by atoms with Crippen molar-refractivity contribution in [3.63, 3.8) is 0 Å². The molecule has 1 saturated carbocycles. The number of esters is 1. The van der Waals surface area contributed by atoms with E-state index >= 15 is 0 Å². The van der Waals surface area contributed by atoms with Gasteiger partial charge in [-0.2, -0.15) is 4.68 Å². The Bertz CT molecular complexity index is 464. The lowest BCUT2D eigenvalue weighted by Crippen LogP contribution is -2.22. The van der Waals surface area contributed by atoms with Crippen LogP contribution in [0.4, 0.5) is 5.82 Å². The van der Waals surface area contributed by atoms with Crippen molar-refractivity contribution in [3.8, 4) is 0 Å². The van der Waals surface area contributed by atoms with Crippen LogP contribution >= 0.6 is 0 Å². The number of nitrogens with zero attached hydrogens (tertiary/aromatic N) is 3. The first kappa shape index (κ1) is 14.5. The molecule has 20 heavy (non-hydrogen) atoms. The number of aromatic nitrogens is 2. The van der Waals surface area contributed by atoms with Crippen molar-refractivity contribution in [1.29, 1.82) is 0 Å². The summed E-state index contributed by atoms with van der Waals surface area (Å²) in [6.45, 7) is -0.0790. The van der Waals surface area contributed by atoms with Gasteiger partial charge in [0.05, 0.1) is 17.4 Å². The lowest BCUT2D eigenvalue weighted by molar-refractivity contribution is -0.389. The monoisotopic (exact) mass is 281 g/mol. The van der Waals surface area contributed by atoms with E-state index in [4.69, 9.17) is 4.74 Å². The lowest BCUT2D eigenvalue weighted by atomic mass is 9.99. The molecule has 2 rings (SSSR count). The van der Waals surface area contributed by atoms with Crippen molar-refractivity contribution in [1.82, 2.24) is 9.78 Å². The molecular formula is C13H19N3O4. The number of nitro groups is 1. The van der Waals surface area contributed by atoms with Gasteiger partial charge >= 0.3 is 11.8 Å². The Morgan fingerprint density at radius 2 is 2.00 bits per heavy atom. The summed E-state index contributed by atoms with van der Waals surface area (Å²) in [6, 6.07) is 1.27. The van der Waals surface area contributed by atoms with Gasteiger partial charge in [0.25, 0.3) is 0 Å². The molecule has 110 valence electrons. The minimum absolute atomic E-state index is 0.0200. The number of ether oxygens (including phenoxy) is 1. The fourth-order valence-corrected chi connectivity index (χ4v) is 2.43. The molecule has 1 aliphatic carbocycles. The minimum atomic E-state index is -0.587. The molecule has 0 aromatic carbocycles. The molecule has 1 heterocycles. The molecule has 0 aliphatic heterocycles. The molecule has 0 saturated heterocycles.